The van der Waals surface area contributed by atoms with Crippen LogP contribution in [0.1, 0.15) is 12.5 Å². The smallest absolute Gasteiger partial charge is 0.112 e. The summed E-state index contributed by atoms with van der Waals surface area (Å²) >= 11 is 37.3. The number of hydrogen-bond acceptors (Lipinski definition) is 0. The van der Waals surface area contributed by atoms with Crippen molar-refractivity contribution in [1.29, 1.82) is 0 Å². The molecule has 0 aromatic heterocycles. The van der Waals surface area contributed by atoms with Crippen LogP contribution in [0.15, 0.2) is 40.9 Å². The van der Waals surface area contributed by atoms with Crippen LogP contribution >= 0.6 is 139 Å². The lowest BCUT2D eigenvalue weighted by atomic mass is 9.80. The molecule has 0 saturated heterocycles. The first-order valence-electron chi connectivity index (χ1n) is 6.19. The van der Waals surface area contributed by atoms with Gasteiger partial charge in [0.2, 0.25) is 0 Å². The Labute approximate surface area is 208 Å². The number of halogens is 9. The molecule has 0 heterocycles. The quantitative estimate of drug-likeness (QED) is 0.261. The zero-order chi connectivity index (χ0) is 17.9. The van der Waals surface area contributed by atoms with Gasteiger partial charge in [0.15, 0.2) is 0 Å². The van der Waals surface area contributed by atoms with Crippen molar-refractivity contribution in [3.63, 3.8) is 0 Å². The summed E-state index contributed by atoms with van der Waals surface area (Å²) in [6, 6.07) is 9.96. The summed E-state index contributed by atoms with van der Waals surface area (Å²) in [4.78, 5) is -0.774. The molecule has 1 aromatic rings. The summed E-state index contributed by atoms with van der Waals surface area (Å²) in [5, 5.41) is 0. The summed E-state index contributed by atoms with van der Waals surface area (Å²) in [6.07, 6.45) is 2.04. The van der Waals surface area contributed by atoms with Gasteiger partial charge in [-0.05, 0) is 12.5 Å². The molecule has 0 radical (unpaired) electrons. The molecule has 0 aliphatic heterocycles. The van der Waals surface area contributed by atoms with E-state index in [1.165, 1.54) is 0 Å². The van der Waals surface area contributed by atoms with Gasteiger partial charge < -0.3 is 0 Å². The minimum atomic E-state index is -0.774. The summed E-state index contributed by atoms with van der Waals surface area (Å²) < 4.78 is -1.86. The van der Waals surface area contributed by atoms with Crippen LogP contribution in [-0.2, 0) is 4.87 Å². The van der Waals surface area contributed by atoms with Crippen LogP contribution < -0.4 is 0 Å². The first-order valence-corrected chi connectivity index (χ1v) is 12.9. The molecule has 0 nitrogen and oxygen atoms in total. The van der Waals surface area contributed by atoms with Crippen molar-refractivity contribution < 1.29 is 0 Å². The maximum absolute atomic E-state index is 7.11. The van der Waals surface area contributed by atoms with E-state index in [1.807, 2.05) is 43.3 Å². The van der Waals surface area contributed by atoms with E-state index >= 15 is 0 Å². The molecular formula is C14H9Br8Cl. The fraction of sp³-hybridized carbons (Fsp3) is 0.429. The second-order valence-corrected chi connectivity index (χ2v) is 18.5. The zero-order valence-corrected chi connectivity index (χ0v) is 24.8. The van der Waals surface area contributed by atoms with Crippen LogP contribution in [0.5, 0.6) is 0 Å². The Morgan fingerprint density at radius 1 is 0.870 bits per heavy atom. The van der Waals surface area contributed by atoms with Crippen molar-refractivity contribution in [2.24, 2.45) is 0 Å². The SMILES string of the molecule is CC(Cl)(c1ccccc1)C1(Br)C=C(Br)C(Br)(Br)C(Br)(Br)C1(Br)Br. The van der Waals surface area contributed by atoms with Crippen molar-refractivity contribution in [3.05, 3.63) is 46.5 Å². The number of alkyl halides is 8. The third kappa shape index (κ3) is 3.26. The Kier molecular flexibility index (Phi) is 6.97. The van der Waals surface area contributed by atoms with Crippen LogP contribution in [0, 0.1) is 0 Å². The fourth-order valence-electron chi connectivity index (χ4n) is 2.32. The Balaban J connectivity index is 2.76. The molecule has 2 rings (SSSR count). The van der Waals surface area contributed by atoms with Crippen LogP contribution in [0.25, 0.3) is 0 Å². The van der Waals surface area contributed by atoms with E-state index < -0.39 is 18.9 Å². The van der Waals surface area contributed by atoms with Gasteiger partial charge in [-0.15, -0.1) is 11.6 Å². The molecule has 1 aliphatic rings. The standard InChI is InChI=1S/C14H9Br8Cl/c1-10(23,8-5-3-2-4-6-8)11(16)7-9(15)12(17,18)14(21,22)13(11,19)20/h2-7H,1H3. The molecule has 128 valence electrons. The highest BCUT2D eigenvalue weighted by molar-refractivity contribution is 9.33. The summed E-state index contributed by atoms with van der Waals surface area (Å²) in [7, 11) is 0. The predicted molar refractivity (Wildman–Crippen MR) is 130 cm³/mol. The molecule has 23 heavy (non-hydrogen) atoms. The molecular weight excluding hydrogens is 843 g/mol. The Morgan fingerprint density at radius 2 is 1.35 bits per heavy atom. The van der Waals surface area contributed by atoms with E-state index in [4.69, 9.17) is 11.6 Å². The average molecular weight is 852 g/mol. The largest absolute Gasteiger partial charge is 0.139 e. The molecule has 1 aliphatic carbocycles. The van der Waals surface area contributed by atoms with Crippen molar-refractivity contribution in [2.45, 2.75) is 25.8 Å². The van der Waals surface area contributed by atoms with E-state index in [0.717, 1.165) is 10.0 Å². The van der Waals surface area contributed by atoms with Crippen molar-refractivity contribution in [2.75, 3.05) is 0 Å². The first kappa shape index (κ1) is 22.4. The number of allylic oxidation sites excluding steroid dienone is 2. The lowest BCUT2D eigenvalue weighted by Gasteiger charge is -2.58. The van der Waals surface area contributed by atoms with Gasteiger partial charge in [0.1, 0.15) is 9.70 Å². The molecule has 0 fully saturated rings. The Morgan fingerprint density at radius 3 is 1.83 bits per heavy atom. The molecule has 1 aromatic carbocycles. The first-order chi connectivity index (χ1) is 10.2. The minimum Gasteiger partial charge on any atom is -0.112 e. The summed E-state index contributed by atoms with van der Waals surface area (Å²) in [5.74, 6) is 0. The normalized spacial score (nSPS) is 31.1. The molecule has 0 saturated carbocycles. The van der Waals surface area contributed by atoms with Crippen molar-refractivity contribution in [3.8, 4) is 0 Å². The maximum Gasteiger partial charge on any atom is 0.139 e. The number of hydrogen-bond donors (Lipinski definition) is 0. The Bertz CT molecular complexity index is 637. The third-order valence-electron chi connectivity index (χ3n) is 3.87. The van der Waals surface area contributed by atoms with Crippen LogP contribution in [0.2, 0.25) is 0 Å². The highest BCUT2D eigenvalue weighted by Gasteiger charge is 2.73. The highest BCUT2D eigenvalue weighted by atomic mass is 79.9. The van der Waals surface area contributed by atoms with Gasteiger partial charge in [0, 0.05) is 4.48 Å². The second kappa shape index (κ2) is 7.16. The second-order valence-electron chi connectivity index (χ2n) is 5.30. The topological polar surface area (TPSA) is 0 Å². The molecule has 2 atom stereocenters. The lowest BCUT2D eigenvalue weighted by molar-refractivity contribution is 0.474. The highest BCUT2D eigenvalue weighted by Crippen LogP contribution is 2.74. The Hall–Kier alpha value is 3.09. The maximum atomic E-state index is 7.11. The molecule has 2 unspecified atom stereocenters. The minimum absolute atomic E-state index is 0.610. The fourth-order valence-corrected chi connectivity index (χ4v) is 10.2. The van der Waals surface area contributed by atoms with E-state index in [9.17, 15) is 0 Å². The number of benzene rings is 1. The van der Waals surface area contributed by atoms with Crippen LogP contribution in [-0.4, -0.2) is 14.0 Å². The van der Waals surface area contributed by atoms with Crippen LogP contribution in [0.3, 0.4) is 0 Å². The monoisotopic (exact) mass is 843 g/mol. The zero-order valence-electron chi connectivity index (χ0n) is 11.4. The van der Waals surface area contributed by atoms with Crippen molar-refractivity contribution >= 4 is 139 Å². The molecule has 0 N–H and O–H groups in total. The molecule has 0 bridgehead atoms. The van der Waals surface area contributed by atoms with Gasteiger partial charge in [0.05, 0.1) is 9.20 Å². The predicted octanol–water partition coefficient (Wildman–Crippen LogP) is 9.02. The van der Waals surface area contributed by atoms with Gasteiger partial charge in [-0.2, -0.15) is 0 Å². The van der Waals surface area contributed by atoms with Gasteiger partial charge in [-0.3, -0.25) is 0 Å². The molecule has 9 heteroatoms. The van der Waals surface area contributed by atoms with Gasteiger partial charge in [-0.1, -0.05) is 164 Å². The van der Waals surface area contributed by atoms with Gasteiger partial charge in [-0.25, -0.2) is 0 Å². The van der Waals surface area contributed by atoms with E-state index in [2.05, 4.69) is 127 Å². The average Bonchev–Trinajstić information content (AvgIpc) is 2.46. The lowest BCUT2D eigenvalue weighted by Crippen LogP contribution is -2.65. The van der Waals surface area contributed by atoms with Gasteiger partial charge >= 0.3 is 0 Å². The van der Waals surface area contributed by atoms with E-state index in [-0.39, 0.29) is 0 Å². The van der Waals surface area contributed by atoms with E-state index in [0.29, 0.717) is 0 Å². The van der Waals surface area contributed by atoms with Gasteiger partial charge in [0.25, 0.3) is 0 Å². The van der Waals surface area contributed by atoms with Crippen molar-refractivity contribution in [1.82, 2.24) is 0 Å². The van der Waals surface area contributed by atoms with E-state index in [1.54, 1.807) is 0 Å². The summed E-state index contributed by atoms with van der Waals surface area (Å²) in [5.41, 5.74) is 0.991. The molecule has 0 amide bonds. The number of rotatable bonds is 2. The summed E-state index contributed by atoms with van der Waals surface area (Å²) in [6.45, 7) is 1.98. The molecule has 0 spiro atoms. The third-order valence-corrected chi connectivity index (χ3v) is 20.3. The van der Waals surface area contributed by atoms with Crippen LogP contribution in [0.4, 0.5) is 0 Å².